The third kappa shape index (κ3) is 3.15. The molecule has 5 heteroatoms. The lowest BCUT2D eigenvalue weighted by atomic mass is 10.0. The summed E-state index contributed by atoms with van der Waals surface area (Å²) >= 11 is 3.27. The summed E-state index contributed by atoms with van der Waals surface area (Å²) in [6.07, 6.45) is 3.07. The van der Waals surface area contributed by atoms with Crippen LogP contribution in [0.5, 0.6) is 0 Å². The van der Waals surface area contributed by atoms with Gasteiger partial charge in [-0.3, -0.25) is 4.79 Å². The van der Waals surface area contributed by atoms with Crippen LogP contribution in [0.2, 0.25) is 0 Å². The van der Waals surface area contributed by atoms with Crippen molar-refractivity contribution in [1.29, 1.82) is 0 Å². The number of likely N-dealkylation sites (tertiary alicyclic amines) is 1. The summed E-state index contributed by atoms with van der Waals surface area (Å²) in [7, 11) is 1.87. The maximum absolute atomic E-state index is 13.9. The average molecular weight is 329 g/mol. The molecule has 1 aliphatic rings. The van der Waals surface area contributed by atoms with Crippen molar-refractivity contribution >= 4 is 21.8 Å². The first-order valence-corrected chi connectivity index (χ1v) is 7.34. The van der Waals surface area contributed by atoms with Crippen molar-refractivity contribution in [1.82, 2.24) is 10.2 Å². The second kappa shape index (κ2) is 6.48. The van der Waals surface area contributed by atoms with Crippen LogP contribution >= 0.6 is 15.9 Å². The lowest BCUT2D eigenvalue weighted by Gasteiger charge is -2.36. The van der Waals surface area contributed by atoms with Gasteiger partial charge < -0.3 is 10.2 Å². The Labute approximate surface area is 121 Å². The molecular formula is C14H18BrFN2O. The predicted molar refractivity (Wildman–Crippen MR) is 76.7 cm³/mol. The van der Waals surface area contributed by atoms with Crippen molar-refractivity contribution in [2.75, 3.05) is 20.1 Å². The summed E-state index contributed by atoms with van der Waals surface area (Å²) < 4.78 is 14.4. The number of piperidine rings is 1. The van der Waals surface area contributed by atoms with Gasteiger partial charge in [0.25, 0.3) is 5.91 Å². The Balaban J connectivity index is 2.26. The van der Waals surface area contributed by atoms with Gasteiger partial charge in [0.05, 0.1) is 5.56 Å². The zero-order valence-electron chi connectivity index (χ0n) is 11.0. The van der Waals surface area contributed by atoms with E-state index < -0.39 is 5.82 Å². The fraction of sp³-hybridized carbons (Fsp3) is 0.500. The SMILES string of the molecule is CNCC1CCCCN1C(=O)c1c(F)cccc1Br. The maximum Gasteiger partial charge on any atom is 0.258 e. The van der Waals surface area contributed by atoms with Gasteiger partial charge in [-0.1, -0.05) is 6.07 Å². The molecule has 3 nitrogen and oxygen atoms in total. The first-order chi connectivity index (χ1) is 9.15. The summed E-state index contributed by atoms with van der Waals surface area (Å²) in [5, 5.41) is 3.10. The number of hydrogen-bond donors (Lipinski definition) is 1. The van der Waals surface area contributed by atoms with Crippen molar-refractivity contribution < 1.29 is 9.18 Å². The number of nitrogens with zero attached hydrogens (tertiary/aromatic N) is 1. The normalized spacial score (nSPS) is 19.5. The minimum absolute atomic E-state index is 0.144. The lowest BCUT2D eigenvalue weighted by molar-refractivity contribution is 0.0609. The van der Waals surface area contributed by atoms with E-state index in [1.54, 1.807) is 17.0 Å². The molecule has 0 bridgehead atoms. The van der Waals surface area contributed by atoms with Crippen molar-refractivity contribution in [3.8, 4) is 0 Å². The molecule has 1 heterocycles. The molecule has 0 spiro atoms. The fourth-order valence-electron chi connectivity index (χ4n) is 2.56. The summed E-state index contributed by atoms with van der Waals surface area (Å²) in [5.74, 6) is -0.682. The topological polar surface area (TPSA) is 32.3 Å². The predicted octanol–water partition coefficient (Wildman–Crippen LogP) is 2.80. The molecule has 104 valence electrons. The average Bonchev–Trinajstić information content (AvgIpc) is 2.39. The molecule has 0 aromatic heterocycles. The third-order valence-electron chi connectivity index (χ3n) is 3.50. The lowest BCUT2D eigenvalue weighted by Crippen LogP contribution is -2.48. The van der Waals surface area contributed by atoms with Gasteiger partial charge in [-0.05, 0) is 54.4 Å². The van der Waals surface area contributed by atoms with E-state index in [9.17, 15) is 9.18 Å². The van der Waals surface area contributed by atoms with Crippen molar-refractivity contribution in [3.05, 3.63) is 34.1 Å². The van der Waals surface area contributed by atoms with E-state index in [1.807, 2.05) is 7.05 Å². The highest BCUT2D eigenvalue weighted by Crippen LogP contribution is 2.25. The fourth-order valence-corrected chi connectivity index (χ4v) is 3.07. The summed E-state index contributed by atoms with van der Waals surface area (Å²) in [6.45, 7) is 1.45. The molecule has 1 fully saturated rings. The van der Waals surface area contributed by atoms with Gasteiger partial charge in [-0.2, -0.15) is 0 Å². The van der Waals surface area contributed by atoms with Crippen LogP contribution in [0.25, 0.3) is 0 Å². The highest BCUT2D eigenvalue weighted by atomic mass is 79.9. The van der Waals surface area contributed by atoms with E-state index in [0.29, 0.717) is 11.0 Å². The number of carbonyl (C=O) groups excluding carboxylic acids is 1. The third-order valence-corrected chi connectivity index (χ3v) is 4.17. The standard InChI is InChI=1S/C14H18BrFN2O/c1-17-9-10-5-2-3-8-18(10)14(19)13-11(15)6-4-7-12(13)16/h4,6-7,10,17H,2-3,5,8-9H2,1H3. The Hall–Kier alpha value is -0.940. The quantitative estimate of drug-likeness (QED) is 0.925. The molecule has 1 aliphatic heterocycles. The second-order valence-electron chi connectivity index (χ2n) is 4.80. The van der Waals surface area contributed by atoms with Gasteiger partial charge in [0.15, 0.2) is 0 Å². The number of likely N-dealkylation sites (N-methyl/N-ethyl adjacent to an activating group) is 1. The summed E-state index contributed by atoms with van der Waals surface area (Å²) in [5.41, 5.74) is 0.144. The number of amides is 1. The number of rotatable bonds is 3. The summed E-state index contributed by atoms with van der Waals surface area (Å²) in [4.78, 5) is 14.3. The van der Waals surface area contributed by atoms with Crippen LogP contribution < -0.4 is 5.32 Å². The minimum atomic E-state index is -0.465. The monoisotopic (exact) mass is 328 g/mol. The van der Waals surface area contributed by atoms with E-state index in [1.165, 1.54) is 6.07 Å². The first-order valence-electron chi connectivity index (χ1n) is 6.54. The Bertz CT molecular complexity index is 445. The summed E-state index contributed by atoms with van der Waals surface area (Å²) in [6, 6.07) is 4.78. The van der Waals surface area contributed by atoms with Crippen molar-refractivity contribution in [2.24, 2.45) is 0 Å². The van der Waals surface area contributed by atoms with Gasteiger partial charge >= 0.3 is 0 Å². The highest BCUT2D eigenvalue weighted by Gasteiger charge is 2.29. The minimum Gasteiger partial charge on any atom is -0.334 e. The van der Waals surface area contributed by atoms with Gasteiger partial charge in [-0.25, -0.2) is 4.39 Å². The van der Waals surface area contributed by atoms with Crippen molar-refractivity contribution in [2.45, 2.75) is 25.3 Å². The molecule has 1 aromatic rings. The van der Waals surface area contributed by atoms with Crippen LogP contribution in [0, 0.1) is 5.82 Å². The van der Waals surface area contributed by atoms with Gasteiger partial charge in [0.1, 0.15) is 5.82 Å². The van der Waals surface area contributed by atoms with Crippen molar-refractivity contribution in [3.63, 3.8) is 0 Å². The van der Waals surface area contributed by atoms with Crippen LogP contribution in [-0.4, -0.2) is 37.0 Å². The first kappa shape index (κ1) is 14.5. The number of halogens is 2. The number of carbonyl (C=O) groups is 1. The Morgan fingerprint density at radius 1 is 1.53 bits per heavy atom. The Kier molecular flexibility index (Phi) is 4.93. The van der Waals surface area contributed by atoms with Crippen LogP contribution in [0.4, 0.5) is 4.39 Å². The van der Waals surface area contributed by atoms with E-state index in [-0.39, 0.29) is 17.5 Å². The molecular weight excluding hydrogens is 311 g/mol. The zero-order valence-corrected chi connectivity index (χ0v) is 12.5. The van der Waals surface area contributed by atoms with Crippen LogP contribution in [0.1, 0.15) is 29.6 Å². The molecule has 2 rings (SSSR count). The Morgan fingerprint density at radius 3 is 3.00 bits per heavy atom. The molecule has 0 radical (unpaired) electrons. The Morgan fingerprint density at radius 2 is 2.32 bits per heavy atom. The van der Waals surface area contributed by atoms with Crippen LogP contribution in [0.15, 0.2) is 22.7 Å². The van der Waals surface area contributed by atoms with E-state index in [4.69, 9.17) is 0 Å². The van der Waals surface area contributed by atoms with E-state index >= 15 is 0 Å². The molecule has 1 unspecified atom stereocenters. The number of nitrogens with one attached hydrogen (secondary N) is 1. The maximum atomic E-state index is 13.9. The second-order valence-corrected chi connectivity index (χ2v) is 5.66. The molecule has 1 amide bonds. The van der Waals surface area contributed by atoms with E-state index in [2.05, 4.69) is 21.2 Å². The number of benzene rings is 1. The molecule has 1 aromatic carbocycles. The smallest absolute Gasteiger partial charge is 0.258 e. The van der Waals surface area contributed by atoms with Crippen LogP contribution in [-0.2, 0) is 0 Å². The molecule has 0 saturated carbocycles. The zero-order chi connectivity index (χ0) is 13.8. The van der Waals surface area contributed by atoms with Gasteiger partial charge in [0, 0.05) is 23.6 Å². The van der Waals surface area contributed by atoms with Crippen LogP contribution in [0.3, 0.4) is 0 Å². The molecule has 1 atom stereocenters. The van der Waals surface area contributed by atoms with E-state index in [0.717, 1.165) is 25.8 Å². The molecule has 19 heavy (non-hydrogen) atoms. The van der Waals surface area contributed by atoms with Gasteiger partial charge in [-0.15, -0.1) is 0 Å². The molecule has 1 N–H and O–H groups in total. The molecule has 1 saturated heterocycles. The van der Waals surface area contributed by atoms with Gasteiger partial charge in [0.2, 0.25) is 0 Å². The molecule has 0 aliphatic carbocycles. The largest absolute Gasteiger partial charge is 0.334 e. The highest BCUT2D eigenvalue weighted by molar-refractivity contribution is 9.10. The number of hydrogen-bond acceptors (Lipinski definition) is 2.